The molecule has 0 aliphatic rings. The van der Waals surface area contributed by atoms with Crippen LogP contribution in [0.15, 0.2) is 16.8 Å². The van der Waals surface area contributed by atoms with Gasteiger partial charge in [0.1, 0.15) is 0 Å². The largest absolute Gasteiger partial charge is 0.441 e. The van der Waals surface area contributed by atoms with E-state index < -0.39 is 0 Å². The lowest BCUT2D eigenvalue weighted by molar-refractivity contribution is 0.483. The first-order chi connectivity index (χ1) is 9.06. The Kier molecular flexibility index (Phi) is 4.37. The van der Waals surface area contributed by atoms with Crippen molar-refractivity contribution in [3.63, 3.8) is 0 Å². The van der Waals surface area contributed by atoms with Gasteiger partial charge >= 0.3 is 0 Å². The smallest absolute Gasteiger partial charge is 0.196 e. The van der Waals surface area contributed by atoms with Crippen LogP contribution in [-0.2, 0) is 13.5 Å². The summed E-state index contributed by atoms with van der Waals surface area (Å²) in [6.45, 7) is 8.28. The molecular formula is C14H22N4O. The molecule has 2 heterocycles. The Hall–Kier alpha value is -1.62. The van der Waals surface area contributed by atoms with Crippen LogP contribution >= 0.6 is 0 Å². The quantitative estimate of drug-likeness (QED) is 0.811. The molecule has 0 aliphatic carbocycles. The highest BCUT2D eigenvalue weighted by Gasteiger charge is 2.11. The number of rotatable bonds is 6. The second-order valence-electron chi connectivity index (χ2n) is 5.27. The van der Waals surface area contributed by atoms with E-state index >= 15 is 0 Å². The van der Waals surface area contributed by atoms with Crippen LogP contribution in [0.3, 0.4) is 0 Å². The summed E-state index contributed by atoms with van der Waals surface area (Å²) in [6.07, 6.45) is 4.55. The number of nitrogens with zero attached hydrogens (tertiary/aromatic N) is 3. The molecule has 5 heteroatoms. The molecule has 5 nitrogen and oxygen atoms in total. The van der Waals surface area contributed by atoms with Crippen molar-refractivity contribution in [1.29, 1.82) is 0 Å². The molecule has 0 unspecified atom stereocenters. The fourth-order valence-electron chi connectivity index (χ4n) is 1.98. The predicted octanol–water partition coefficient (Wildman–Crippen LogP) is 2.17. The number of nitrogens with one attached hydrogen (secondary N) is 1. The molecule has 19 heavy (non-hydrogen) atoms. The van der Waals surface area contributed by atoms with Gasteiger partial charge in [0.15, 0.2) is 11.7 Å². The molecule has 0 spiro atoms. The van der Waals surface area contributed by atoms with Crippen molar-refractivity contribution in [1.82, 2.24) is 20.1 Å². The second-order valence-corrected chi connectivity index (χ2v) is 5.27. The lowest BCUT2D eigenvalue weighted by Crippen LogP contribution is -2.22. The topological polar surface area (TPSA) is 55.9 Å². The van der Waals surface area contributed by atoms with Gasteiger partial charge in [0.05, 0.1) is 17.5 Å². The summed E-state index contributed by atoms with van der Waals surface area (Å²) in [5.41, 5.74) is 1.97. The SMILES string of the molecule is Cc1nn(C)cc1-c1cnc(CCNCC(C)C)o1. The first-order valence-electron chi connectivity index (χ1n) is 6.72. The van der Waals surface area contributed by atoms with E-state index in [1.165, 1.54) is 0 Å². The maximum atomic E-state index is 5.77. The van der Waals surface area contributed by atoms with E-state index in [0.717, 1.165) is 42.4 Å². The molecular weight excluding hydrogens is 240 g/mol. The first-order valence-corrected chi connectivity index (χ1v) is 6.72. The van der Waals surface area contributed by atoms with Crippen molar-refractivity contribution in [2.45, 2.75) is 27.2 Å². The minimum Gasteiger partial charge on any atom is -0.441 e. The molecule has 2 aromatic heterocycles. The molecule has 0 saturated carbocycles. The van der Waals surface area contributed by atoms with Crippen molar-refractivity contribution in [3.05, 3.63) is 24.0 Å². The predicted molar refractivity (Wildman–Crippen MR) is 74.9 cm³/mol. The second kappa shape index (κ2) is 6.02. The fraction of sp³-hybridized carbons (Fsp3) is 0.571. The van der Waals surface area contributed by atoms with E-state index in [-0.39, 0.29) is 0 Å². The molecule has 0 radical (unpaired) electrons. The van der Waals surface area contributed by atoms with Gasteiger partial charge in [0, 0.05) is 26.2 Å². The summed E-state index contributed by atoms with van der Waals surface area (Å²) in [7, 11) is 1.91. The summed E-state index contributed by atoms with van der Waals surface area (Å²) in [6, 6.07) is 0. The van der Waals surface area contributed by atoms with Gasteiger partial charge in [0.25, 0.3) is 0 Å². The zero-order valence-corrected chi connectivity index (χ0v) is 12.1. The minimum atomic E-state index is 0.665. The van der Waals surface area contributed by atoms with Gasteiger partial charge in [-0.1, -0.05) is 13.8 Å². The Morgan fingerprint density at radius 2 is 2.21 bits per heavy atom. The Balaban J connectivity index is 1.94. The molecule has 0 aliphatic heterocycles. The van der Waals surface area contributed by atoms with Crippen LogP contribution in [0, 0.1) is 12.8 Å². The Morgan fingerprint density at radius 1 is 1.42 bits per heavy atom. The monoisotopic (exact) mass is 262 g/mol. The third kappa shape index (κ3) is 3.67. The average molecular weight is 262 g/mol. The highest BCUT2D eigenvalue weighted by atomic mass is 16.4. The van der Waals surface area contributed by atoms with E-state index in [0.29, 0.717) is 5.92 Å². The summed E-state index contributed by atoms with van der Waals surface area (Å²) in [5.74, 6) is 2.23. The van der Waals surface area contributed by atoms with E-state index in [2.05, 4.69) is 29.2 Å². The highest BCUT2D eigenvalue weighted by molar-refractivity contribution is 5.58. The maximum Gasteiger partial charge on any atom is 0.196 e. The van der Waals surface area contributed by atoms with Gasteiger partial charge in [0.2, 0.25) is 0 Å². The molecule has 0 amide bonds. The Bertz CT molecular complexity index is 527. The summed E-state index contributed by atoms with van der Waals surface area (Å²) < 4.78 is 7.56. The van der Waals surface area contributed by atoms with Crippen LogP contribution in [0.2, 0.25) is 0 Å². The van der Waals surface area contributed by atoms with Crippen LogP contribution in [0.1, 0.15) is 25.4 Å². The highest BCUT2D eigenvalue weighted by Crippen LogP contribution is 2.22. The number of hydrogen-bond donors (Lipinski definition) is 1. The van der Waals surface area contributed by atoms with E-state index in [1.807, 2.05) is 20.2 Å². The van der Waals surface area contributed by atoms with Crippen LogP contribution in [0.25, 0.3) is 11.3 Å². The van der Waals surface area contributed by atoms with Crippen molar-refractivity contribution in [3.8, 4) is 11.3 Å². The van der Waals surface area contributed by atoms with Gasteiger partial charge in [-0.2, -0.15) is 5.10 Å². The number of aryl methyl sites for hydroxylation is 2. The van der Waals surface area contributed by atoms with Crippen molar-refractivity contribution in [2.24, 2.45) is 13.0 Å². The molecule has 2 rings (SSSR count). The standard InChI is InChI=1S/C14H22N4O/c1-10(2)7-15-6-5-14-16-8-13(19-14)12-9-18(4)17-11(12)3/h8-10,15H,5-7H2,1-4H3. The van der Waals surface area contributed by atoms with Gasteiger partial charge in [-0.25, -0.2) is 4.98 Å². The van der Waals surface area contributed by atoms with Gasteiger partial charge < -0.3 is 9.73 Å². The average Bonchev–Trinajstić information content (AvgIpc) is 2.91. The third-order valence-electron chi connectivity index (χ3n) is 2.90. The minimum absolute atomic E-state index is 0.665. The number of oxazole rings is 1. The van der Waals surface area contributed by atoms with Crippen molar-refractivity contribution < 1.29 is 4.42 Å². The first kappa shape index (κ1) is 13.8. The zero-order chi connectivity index (χ0) is 13.8. The maximum absolute atomic E-state index is 5.77. The molecule has 0 fully saturated rings. The van der Waals surface area contributed by atoms with Crippen molar-refractivity contribution in [2.75, 3.05) is 13.1 Å². The third-order valence-corrected chi connectivity index (χ3v) is 2.90. The van der Waals surface area contributed by atoms with Crippen LogP contribution < -0.4 is 5.32 Å². The van der Waals surface area contributed by atoms with E-state index in [9.17, 15) is 0 Å². The molecule has 0 bridgehead atoms. The Morgan fingerprint density at radius 3 is 2.84 bits per heavy atom. The summed E-state index contributed by atoms with van der Waals surface area (Å²) >= 11 is 0. The molecule has 104 valence electrons. The molecule has 0 saturated heterocycles. The fourth-order valence-corrected chi connectivity index (χ4v) is 1.98. The molecule has 2 aromatic rings. The van der Waals surface area contributed by atoms with Gasteiger partial charge in [-0.15, -0.1) is 0 Å². The molecule has 0 atom stereocenters. The number of hydrogen-bond acceptors (Lipinski definition) is 4. The lowest BCUT2D eigenvalue weighted by atomic mass is 10.2. The van der Waals surface area contributed by atoms with Crippen LogP contribution in [0.4, 0.5) is 0 Å². The normalized spacial score (nSPS) is 11.4. The van der Waals surface area contributed by atoms with Gasteiger partial charge in [-0.05, 0) is 19.4 Å². The molecule has 1 N–H and O–H groups in total. The lowest BCUT2D eigenvalue weighted by Gasteiger charge is -2.05. The van der Waals surface area contributed by atoms with Crippen molar-refractivity contribution >= 4 is 0 Å². The van der Waals surface area contributed by atoms with Crippen LogP contribution in [-0.4, -0.2) is 27.9 Å². The van der Waals surface area contributed by atoms with Gasteiger partial charge in [-0.3, -0.25) is 4.68 Å². The molecule has 0 aromatic carbocycles. The summed E-state index contributed by atoms with van der Waals surface area (Å²) in [4.78, 5) is 4.32. The number of aromatic nitrogens is 3. The summed E-state index contributed by atoms with van der Waals surface area (Å²) in [5, 5.41) is 7.69. The van der Waals surface area contributed by atoms with Crippen LogP contribution in [0.5, 0.6) is 0 Å². The zero-order valence-electron chi connectivity index (χ0n) is 12.1. The van der Waals surface area contributed by atoms with E-state index in [4.69, 9.17) is 4.42 Å². The van der Waals surface area contributed by atoms with E-state index in [1.54, 1.807) is 10.9 Å². The Labute approximate surface area is 114 Å².